The van der Waals surface area contributed by atoms with Gasteiger partial charge in [0.25, 0.3) is 0 Å². The maximum Gasteiger partial charge on any atom is 0.0431 e. The van der Waals surface area contributed by atoms with E-state index in [4.69, 9.17) is 5.11 Å². The van der Waals surface area contributed by atoms with Crippen molar-refractivity contribution in [3.63, 3.8) is 0 Å². The van der Waals surface area contributed by atoms with E-state index in [1.165, 1.54) is 32.1 Å². The van der Waals surface area contributed by atoms with Gasteiger partial charge in [-0.3, -0.25) is 0 Å². The summed E-state index contributed by atoms with van der Waals surface area (Å²) < 4.78 is 0. The van der Waals surface area contributed by atoms with Gasteiger partial charge in [0.15, 0.2) is 0 Å². The van der Waals surface area contributed by atoms with Gasteiger partial charge in [-0.1, -0.05) is 39.0 Å². The molecular weight excluding hydrogens is 256 g/mol. The first-order valence-corrected chi connectivity index (χ1v) is 4.02. The maximum absolute atomic E-state index is 8.42. The van der Waals surface area contributed by atoms with Crippen molar-refractivity contribution in [2.24, 2.45) is 0 Å². The van der Waals surface area contributed by atoms with E-state index >= 15 is 0 Å². The summed E-state index contributed by atoms with van der Waals surface area (Å²) in [6.45, 7) is 2.58. The number of hydrogen-bond acceptors (Lipinski definition) is 1. The molecular formula is C8H18NdO. The number of aliphatic hydroxyl groups is 1. The number of hydrogen-bond donors (Lipinski definition) is 1. The van der Waals surface area contributed by atoms with E-state index in [1.54, 1.807) is 0 Å². The first-order valence-electron chi connectivity index (χ1n) is 4.02. The van der Waals surface area contributed by atoms with Gasteiger partial charge in [-0.15, -0.1) is 0 Å². The molecule has 0 aromatic rings. The second-order valence-electron chi connectivity index (χ2n) is 2.49. The zero-order valence-corrected chi connectivity index (χ0v) is 10.1. The number of rotatable bonds is 6. The van der Waals surface area contributed by atoms with Gasteiger partial charge >= 0.3 is 0 Å². The first kappa shape index (κ1) is 13.9. The fraction of sp³-hybridized carbons (Fsp3) is 1.00. The molecule has 0 radical (unpaired) electrons. The molecule has 0 bridgehead atoms. The molecule has 0 aromatic heterocycles. The minimum Gasteiger partial charge on any atom is -0.396 e. The molecule has 2 heteroatoms. The summed E-state index contributed by atoms with van der Waals surface area (Å²) in [4.78, 5) is 0. The number of aliphatic hydroxyl groups excluding tert-OH is 1. The third-order valence-electron chi connectivity index (χ3n) is 1.51. The molecule has 0 aliphatic rings. The van der Waals surface area contributed by atoms with Crippen LogP contribution in [0.2, 0.25) is 0 Å². The van der Waals surface area contributed by atoms with Crippen LogP contribution in [0.3, 0.4) is 0 Å². The molecule has 10 heavy (non-hydrogen) atoms. The van der Waals surface area contributed by atoms with E-state index in [9.17, 15) is 0 Å². The van der Waals surface area contributed by atoms with Crippen molar-refractivity contribution in [1.82, 2.24) is 0 Å². The SMILES string of the molecule is CCCCCCCCO.[Nd]. The van der Waals surface area contributed by atoms with E-state index in [0.717, 1.165) is 6.42 Å². The van der Waals surface area contributed by atoms with Crippen molar-refractivity contribution in [1.29, 1.82) is 0 Å². The Balaban J connectivity index is 0. The molecule has 0 unspecified atom stereocenters. The van der Waals surface area contributed by atoms with Crippen molar-refractivity contribution < 1.29 is 45.9 Å². The molecule has 0 heterocycles. The topological polar surface area (TPSA) is 20.2 Å². The van der Waals surface area contributed by atoms with Crippen LogP contribution in [0, 0.1) is 40.8 Å². The van der Waals surface area contributed by atoms with Gasteiger partial charge in [0.05, 0.1) is 0 Å². The Labute approximate surface area is 97.1 Å². The molecule has 0 fully saturated rings. The zero-order valence-electron chi connectivity index (χ0n) is 6.90. The van der Waals surface area contributed by atoms with Crippen LogP contribution in [0.5, 0.6) is 0 Å². The van der Waals surface area contributed by atoms with Crippen LogP contribution >= 0.6 is 0 Å². The molecule has 1 N–H and O–H groups in total. The predicted octanol–water partition coefficient (Wildman–Crippen LogP) is 2.34. The summed E-state index contributed by atoms with van der Waals surface area (Å²) in [7, 11) is 0. The second kappa shape index (κ2) is 12.9. The Morgan fingerprint density at radius 3 is 1.90 bits per heavy atom. The van der Waals surface area contributed by atoms with E-state index in [-0.39, 0.29) is 40.8 Å². The standard InChI is InChI=1S/C8H18O.Nd/c1-2-3-4-5-6-7-8-9;/h9H,2-8H2,1H3;. The molecule has 0 saturated carbocycles. The second-order valence-corrected chi connectivity index (χ2v) is 2.49. The Bertz CT molecular complexity index is 42.5. The molecule has 0 aliphatic heterocycles. The number of unbranched alkanes of at least 4 members (excludes halogenated alkanes) is 5. The third-order valence-corrected chi connectivity index (χ3v) is 1.51. The van der Waals surface area contributed by atoms with Crippen molar-refractivity contribution in [3.8, 4) is 0 Å². The first-order chi connectivity index (χ1) is 4.41. The van der Waals surface area contributed by atoms with Crippen molar-refractivity contribution in [2.45, 2.75) is 45.4 Å². The zero-order chi connectivity index (χ0) is 6.95. The molecule has 60 valence electrons. The summed E-state index contributed by atoms with van der Waals surface area (Å²) >= 11 is 0. The van der Waals surface area contributed by atoms with Crippen LogP contribution in [-0.4, -0.2) is 11.7 Å². The largest absolute Gasteiger partial charge is 0.396 e. The van der Waals surface area contributed by atoms with Crippen molar-refractivity contribution >= 4 is 0 Å². The molecule has 0 aliphatic carbocycles. The fourth-order valence-corrected chi connectivity index (χ4v) is 0.892. The molecule has 0 saturated heterocycles. The van der Waals surface area contributed by atoms with Gasteiger partial charge in [-0.25, -0.2) is 0 Å². The van der Waals surface area contributed by atoms with Gasteiger partial charge < -0.3 is 5.11 Å². The Morgan fingerprint density at radius 2 is 1.40 bits per heavy atom. The maximum atomic E-state index is 8.42. The van der Waals surface area contributed by atoms with Crippen LogP contribution < -0.4 is 0 Å². The van der Waals surface area contributed by atoms with Crippen LogP contribution in [0.25, 0.3) is 0 Å². The average molecular weight is 274 g/mol. The summed E-state index contributed by atoms with van der Waals surface area (Å²) in [5, 5.41) is 8.42. The minimum absolute atomic E-state index is 0. The van der Waals surface area contributed by atoms with E-state index in [1.807, 2.05) is 0 Å². The molecule has 0 aromatic carbocycles. The van der Waals surface area contributed by atoms with Crippen molar-refractivity contribution in [3.05, 3.63) is 0 Å². The predicted molar refractivity (Wildman–Crippen MR) is 40.5 cm³/mol. The monoisotopic (exact) mass is 272 g/mol. The van der Waals surface area contributed by atoms with Gasteiger partial charge in [-0.05, 0) is 6.42 Å². The Morgan fingerprint density at radius 1 is 0.900 bits per heavy atom. The quantitative estimate of drug-likeness (QED) is 0.737. The van der Waals surface area contributed by atoms with Crippen molar-refractivity contribution in [2.75, 3.05) is 6.61 Å². The average Bonchev–Trinajstić information content (AvgIpc) is 1.89. The molecule has 0 amide bonds. The molecule has 0 spiro atoms. The summed E-state index contributed by atoms with van der Waals surface area (Å²) in [5.74, 6) is 0. The van der Waals surface area contributed by atoms with Gasteiger partial charge in [0, 0.05) is 47.4 Å². The molecule has 0 rings (SSSR count). The van der Waals surface area contributed by atoms with E-state index in [2.05, 4.69) is 6.92 Å². The van der Waals surface area contributed by atoms with Gasteiger partial charge in [-0.2, -0.15) is 0 Å². The van der Waals surface area contributed by atoms with Crippen LogP contribution in [-0.2, 0) is 0 Å². The smallest absolute Gasteiger partial charge is 0.0431 e. The van der Waals surface area contributed by atoms with Gasteiger partial charge in [0.1, 0.15) is 0 Å². The van der Waals surface area contributed by atoms with Crippen LogP contribution in [0.15, 0.2) is 0 Å². The van der Waals surface area contributed by atoms with Gasteiger partial charge in [0.2, 0.25) is 0 Å². The van der Waals surface area contributed by atoms with E-state index < -0.39 is 0 Å². The third kappa shape index (κ3) is 12.0. The van der Waals surface area contributed by atoms with Crippen LogP contribution in [0.1, 0.15) is 45.4 Å². The van der Waals surface area contributed by atoms with E-state index in [0.29, 0.717) is 6.61 Å². The summed E-state index contributed by atoms with van der Waals surface area (Å²) in [5.41, 5.74) is 0. The van der Waals surface area contributed by atoms with Crippen LogP contribution in [0.4, 0.5) is 0 Å². The Hall–Kier alpha value is 1.31. The molecule has 1 nitrogen and oxygen atoms in total. The molecule has 0 atom stereocenters. The fourth-order valence-electron chi connectivity index (χ4n) is 0.892. The summed E-state index contributed by atoms with van der Waals surface area (Å²) in [6, 6.07) is 0. The minimum atomic E-state index is 0. The summed E-state index contributed by atoms with van der Waals surface area (Å²) in [6.07, 6.45) is 7.50. The Kier molecular flexibility index (Phi) is 18.0. The normalized spacial score (nSPS) is 9.00.